The molecule has 0 bridgehead atoms. The second-order valence-corrected chi connectivity index (χ2v) is 12.0. The second kappa shape index (κ2) is 6.92. The van der Waals surface area contributed by atoms with E-state index in [2.05, 4.69) is 121 Å². The highest BCUT2D eigenvalue weighted by molar-refractivity contribution is 6.38. The summed E-state index contributed by atoms with van der Waals surface area (Å²) in [6.45, 7) is 0. The predicted octanol–water partition coefficient (Wildman–Crippen LogP) is 11.3. The fourth-order valence-electron chi connectivity index (χ4n) is 8.39. The Hall–Kier alpha value is -5.20. The topological polar surface area (TPSA) is 0 Å². The van der Waals surface area contributed by atoms with Crippen molar-refractivity contribution in [2.45, 2.75) is 6.42 Å². The summed E-state index contributed by atoms with van der Waals surface area (Å²) in [6, 6.07) is 46.3. The van der Waals surface area contributed by atoms with Crippen LogP contribution in [0.25, 0.3) is 98.0 Å². The highest BCUT2D eigenvalue weighted by Gasteiger charge is 2.27. The minimum absolute atomic E-state index is 1.01. The Bertz CT molecular complexity index is 2580. The van der Waals surface area contributed by atoms with Crippen molar-refractivity contribution in [3.05, 3.63) is 132 Å². The van der Waals surface area contributed by atoms with Crippen LogP contribution in [0, 0.1) is 0 Å². The molecule has 0 spiro atoms. The van der Waals surface area contributed by atoms with Gasteiger partial charge in [-0.3, -0.25) is 0 Å². The molecule has 0 saturated carbocycles. The Morgan fingerprint density at radius 1 is 0.317 bits per heavy atom. The Kier molecular flexibility index (Phi) is 3.49. The van der Waals surface area contributed by atoms with Gasteiger partial charge in [-0.15, -0.1) is 0 Å². The van der Waals surface area contributed by atoms with Gasteiger partial charge in [-0.1, -0.05) is 91.0 Å². The van der Waals surface area contributed by atoms with Gasteiger partial charge in [-0.05, 0) is 146 Å². The summed E-state index contributed by atoms with van der Waals surface area (Å²) < 4.78 is 0. The molecule has 11 rings (SSSR count). The van der Waals surface area contributed by atoms with Gasteiger partial charge in [0.2, 0.25) is 0 Å². The molecule has 2 aliphatic rings. The van der Waals surface area contributed by atoms with Gasteiger partial charge in [-0.25, -0.2) is 0 Å². The molecule has 0 fully saturated rings. The highest BCUT2D eigenvalue weighted by Crippen LogP contribution is 2.54. The summed E-state index contributed by atoms with van der Waals surface area (Å²) in [5.41, 5.74) is 11.2. The molecule has 0 nitrogen and oxygen atoms in total. The lowest BCUT2D eigenvalue weighted by molar-refractivity contribution is 1.27. The molecule has 0 aliphatic heterocycles. The number of benzene rings is 9. The van der Waals surface area contributed by atoms with Crippen molar-refractivity contribution >= 4 is 64.6 Å². The average Bonchev–Trinajstić information content (AvgIpc) is 3.55. The molecule has 0 saturated heterocycles. The third-order valence-electron chi connectivity index (χ3n) is 10.1. The van der Waals surface area contributed by atoms with E-state index in [1.54, 1.807) is 0 Å². The van der Waals surface area contributed by atoms with E-state index in [-0.39, 0.29) is 0 Å². The van der Waals surface area contributed by atoms with Gasteiger partial charge in [-0.2, -0.15) is 0 Å². The third-order valence-corrected chi connectivity index (χ3v) is 10.1. The van der Waals surface area contributed by atoms with Crippen LogP contribution in [0.15, 0.2) is 121 Å². The average molecular weight is 515 g/mol. The summed E-state index contributed by atoms with van der Waals surface area (Å²) in [7, 11) is 0. The Labute approximate surface area is 236 Å². The van der Waals surface area contributed by atoms with E-state index in [9.17, 15) is 0 Å². The van der Waals surface area contributed by atoms with Crippen LogP contribution < -0.4 is 0 Å². The molecule has 0 atom stereocenters. The molecule has 186 valence electrons. The predicted molar refractivity (Wildman–Crippen MR) is 175 cm³/mol. The minimum atomic E-state index is 1.01. The lowest BCUT2D eigenvalue weighted by Gasteiger charge is -2.18. The number of hydrogen-bond acceptors (Lipinski definition) is 0. The summed E-state index contributed by atoms with van der Waals surface area (Å²) in [6.07, 6.45) is 1.01. The van der Waals surface area contributed by atoms with Gasteiger partial charge in [0, 0.05) is 0 Å². The quantitative estimate of drug-likeness (QED) is 0.139. The number of fused-ring (bicyclic) bond motifs is 11. The highest BCUT2D eigenvalue weighted by atomic mass is 14.3. The monoisotopic (exact) mass is 514 g/mol. The van der Waals surface area contributed by atoms with E-state index in [0.717, 1.165) is 6.42 Å². The van der Waals surface area contributed by atoms with Crippen molar-refractivity contribution in [3.63, 3.8) is 0 Å². The molecule has 9 aromatic rings. The fourth-order valence-corrected chi connectivity index (χ4v) is 8.39. The van der Waals surface area contributed by atoms with E-state index < -0.39 is 0 Å². The SMILES string of the molecule is c1ccc2c(c1)Cc1cc3c4ccc5c6c(ccc(c7cccc(c1-2)c73)c64)-c1cc2cc3ccccc3cc2cc1-5. The summed E-state index contributed by atoms with van der Waals surface area (Å²) in [5.74, 6) is 0. The lowest BCUT2D eigenvalue weighted by Crippen LogP contribution is -1.91. The van der Waals surface area contributed by atoms with Gasteiger partial charge in [0.15, 0.2) is 0 Å². The summed E-state index contributed by atoms with van der Waals surface area (Å²) in [4.78, 5) is 0. The number of hydrogen-bond donors (Lipinski definition) is 0. The maximum absolute atomic E-state index is 2.51. The van der Waals surface area contributed by atoms with E-state index >= 15 is 0 Å². The maximum Gasteiger partial charge on any atom is -0.00130 e. The zero-order valence-electron chi connectivity index (χ0n) is 22.3. The molecule has 0 N–H and O–H groups in total. The van der Waals surface area contributed by atoms with Crippen LogP contribution in [0.2, 0.25) is 0 Å². The first-order chi connectivity index (χ1) is 20.3. The van der Waals surface area contributed by atoms with Crippen LogP contribution >= 0.6 is 0 Å². The van der Waals surface area contributed by atoms with Gasteiger partial charge in [0.1, 0.15) is 0 Å². The maximum atomic E-state index is 2.51. The normalized spacial score (nSPS) is 13.3. The van der Waals surface area contributed by atoms with Crippen molar-refractivity contribution in [1.82, 2.24) is 0 Å². The largest absolute Gasteiger partial charge is 0.0619 e. The Balaban J connectivity index is 1.28. The molecule has 0 amide bonds. The molecular formula is C41H22. The molecule has 9 aromatic carbocycles. The molecule has 0 unspecified atom stereocenters. The van der Waals surface area contributed by atoms with E-state index in [0.29, 0.717) is 0 Å². The molecule has 0 heteroatoms. The first kappa shape index (κ1) is 20.7. The van der Waals surface area contributed by atoms with Crippen LogP contribution in [0.4, 0.5) is 0 Å². The molecular weight excluding hydrogens is 492 g/mol. The van der Waals surface area contributed by atoms with Gasteiger partial charge >= 0.3 is 0 Å². The standard InChI is InChI=1S/C41H22/c1-2-7-23-17-26-20-36-32-14-15-33-37-21-27-18-24-8-3-4-9-28(24)38(27)34-11-5-10-29(39(34)37)30-12-13-31(41(32)40(30)33)35(36)19-25(26)16-22(23)6-1/h1-17,19-21H,18H2. The van der Waals surface area contributed by atoms with Crippen LogP contribution in [-0.4, -0.2) is 0 Å². The van der Waals surface area contributed by atoms with Crippen LogP contribution in [-0.2, 0) is 6.42 Å². The zero-order valence-corrected chi connectivity index (χ0v) is 22.3. The van der Waals surface area contributed by atoms with Crippen LogP contribution in [0.5, 0.6) is 0 Å². The van der Waals surface area contributed by atoms with Crippen LogP contribution in [0.3, 0.4) is 0 Å². The molecule has 0 aromatic heterocycles. The molecule has 2 aliphatic carbocycles. The molecule has 41 heavy (non-hydrogen) atoms. The van der Waals surface area contributed by atoms with Crippen molar-refractivity contribution in [2.75, 3.05) is 0 Å². The van der Waals surface area contributed by atoms with Crippen molar-refractivity contribution in [2.24, 2.45) is 0 Å². The molecule has 0 heterocycles. The van der Waals surface area contributed by atoms with E-state index in [1.807, 2.05) is 0 Å². The van der Waals surface area contributed by atoms with E-state index in [4.69, 9.17) is 0 Å². The van der Waals surface area contributed by atoms with Gasteiger partial charge in [0.25, 0.3) is 0 Å². The second-order valence-electron chi connectivity index (χ2n) is 12.0. The molecule has 0 radical (unpaired) electrons. The summed E-state index contributed by atoms with van der Waals surface area (Å²) >= 11 is 0. The zero-order chi connectivity index (χ0) is 26.4. The number of rotatable bonds is 0. The third kappa shape index (κ3) is 2.40. The smallest absolute Gasteiger partial charge is 0.00130 e. The first-order valence-corrected chi connectivity index (χ1v) is 14.6. The van der Waals surface area contributed by atoms with E-state index in [1.165, 1.54) is 109 Å². The minimum Gasteiger partial charge on any atom is -0.0619 e. The van der Waals surface area contributed by atoms with Crippen molar-refractivity contribution in [1.29, 1.82) is 0 Å². The first-order valence-electron chi connectivity index (χ1n) is 14.6. The lowest BCUT2D eigenvalue weighted by atomic mass is 9.85. The van der Waals surface area contributed by atoms with Crippen molar-refractivity contribution < 1.29 is 0 Å². The van der Waals surface area contributed by atoms with Gasteiger partial charge in [0.05, 0.1) is 0 Å². The van der Waals surface area contributed by atoms with Crippen LogP contribution in [0.1, 0.15) is 11.1 Å². The van der Waals surface area contributed by atoms with Crippen molar-refractivity contribution in [3.8, 4) is 33.4 Å². The summed E-state index contributed by atoms with van der Waals surface area (Å²) in [5, 5.41) is 16.4. The Morgan fingerprint density at radius 3 is 1.71 bits per heavy atom. The van der Waals surface area contributed by atoms with Gasteiger partial charge < -0.3 is 0 Å². The Morgan fingerprint density at radius 2 is 0.951 bits per heavy atom. The fraction of sp³-hybridized carbons (Fsp3) is 0.0244.